The van der Waals surface area contributed by atoms with Gasteiger partial charge >= 0.3 is 0 Å². The summed E-state index contributed by atoms with van der Waals surface area (Å²) >= 11 is 0.942. The Morgan fingerprint density at radius 2 is 1.96 bits per heavy atom. The Hall–Kier alpha value is -2.46. The number of ether oxygens (including phenoxy) is 1. The Morgan fingerprint density at radius 1 is 1.27 bits per heavy atom. The Kier molecular flexibility index (Phi) is 5.23. The Bertz CT molecular complexity index is 950. The minimum absolute atomic E-state index is 0.0767. The van der Waals surface area contributed by atoms with Crippen LogP contribution in [0.4, 0.5) is 8.78 Å². The molecule has 26 heavy (non-hydrogen) atoms. The summed E-state index contributed by atoms with van der Waals surface area (Å²) in [7, 11) is 1.47. The van der Waals surface area contributed by atoms with Crippen molar-refractivity contribution in [1.82, 2.24) is 9.47 Å². The first kappa shape index (κ1) is 18.3. The third kappa shape index (κ3) is 3.56. The van der Waals surface area contributed by atoms with Gasteiger partial charge in [0.2, 0.25) is 11.8 Å². The van der Waals surface area contributed by atoms with Crippen LogP contribution in [0.5, 0.6) is 0 Å². The molecule has 0 radical (unpaired) electrons. The van der Waals surface area contributed by atoms with Crippen molar-refractivity contribution in [2.75, 3.05) is 20.3 Å². The van der Waals surface area contributed by atoms with Crippen molar-refractivity contribution >= 4 is 39.3 Å². The van der Waals surface area contributed by atoms with Gasteiger partial charge in [-0.2, -0.15) is 4.99 Å². The summed E-state index contributed by atoms with van der Waals surface area (Å²) < 4.78 is 34.4. The second-order valence-electron chi connectivity index (χ2n) is 5.64. The summed E-state index contributed by atoms with van der Waals surface area (Å²) in [6.07, 6.45) is 0.153. The average molecular weight is 383 g/mol. The van der Waals surface area contributed by atoms with E-state index in [0.29, 0.717) is 4.70 Å². The zero-order valence-electron chi connectivity index (χ0n) is 13.8. The van der Waals surface area contributed by atoms with E-state index in [1.54, 1.807) is 0 Å². The van der Waals surface area contributed by atoms with Crippen LogP contribution in [0, 0.1) is 11.6 Å². The number of thiazole rings is 1. The predicted octanol–water partition coefficient (Wildman–Crippen LogP) is 1.20. The van der Waals surface area contributed by atoms with E-state index in [1.807, 2.05) is 0 Å². The highest BCUT2D eigenvalue weighted by Gasteiger charge is 2.30. The van der Waals surface area contributed by atoms with E-state index < -0.39 is 35.9 Å². The number of fused-ring (bicyclic) bond motifs is 1. The highest BCUT2D eigenvalue weighted by Crippen LogP contribution is 2.22. The molecule has 1 aromatic heterocycles. The van der Waals surface area contributed by atoms with E-state index in [1.165, 1.54) is 11.7 Å². The van der Waals surface area contributed by atoms with E-state index in [-0.39, 0.29) is 36.3 Å². The molecule has 3 rings (SSSR count). The number of halogens is 2. The quantitative estimate of drug-likeness (QED) is 0.727. The number of benzene rings is 1. The second-order valence-corrected chi connectivity index (χ2v) is 6.65. The van der Waals surface area contributed by atoms with E-state index in [4.69, 9.17) is 4.74 Å². The number of hydrogen-bond donors (Lipinski definition) is 0. The third-order valence-corrected chi connectivity index (χ3v) is 4.91. The van der Waals surface area contributed by atoms with Crippen LogP contribution in [0.15, 0.2) is 17.1 Å². The van der Waals surface area contributed by atoms with Crippen molar-refractivity contribution in [2.24, 2.45) is 4.99 Å². The third-order valence-electron chi connectivity index (χ3n) is 3.88. The van der Waals surface area contributed by atoms with Crippen LogP contribution in [0.2, 0.25) is 0 Å². The lowest BCUT2D eigenvalue weighted by Crippen LogP contribution is -2.34. The molecule has 0 bridgehead atoms. The van der Waals surface area contributed by atoms with Gasteiger partial charge < -0.3 is 9.30 Å². The van der Waals surface area contributed by atoms with Crippen LogP contribution in [0.25, 0.3) is 10.2 Å². The summed E-state index contributed by atoms with van der Waals surface area (Å²) in [6, 6.07) is 1.91. The lowest BCUT2D eigenvalue weighted by Gasteiger charge is -2.10. The number of imide groups is 1. The number of carbonyl (C=O) groups excluding carboxylic acids is 3. The molecule has 10 heteroatoms. The minimum atomic E-state index is -0.772. The summed E-state index contributed by atoms with van der Waals surface area (Å²) in [5.41, 5.74) is 0.119. The molecule has 0 atom stereocenters. The lowest BCUT2D eigenvalue weighted by atomic mass is 10.3. The largest absolute Gasteiger partial charge is 0.383 e. The molecule has 0 saturated carbocycles. The van der Waals surface area contributed by atoms with Crippen molar-refractivity contribution in [3.05, 3.63) is 28.6 Å². The standard InChI is InChI=1S/C16H15F2N3O4S/c1-25-5-4-20-15-10(18)6-9(17)7-11(15)26-16(20)19-12(22)8-21-13(23)2-3-14(21)24/h6-7H,2-5,8H2,1H3. The number of nitrogens with zero attached hydrogens (tertiary/aromatic N) is 3. The van der Waals surface area contributed by atoms with Gasteiger partial charge in [0.25, 0.3) is 5.91 Å². The topological polar surface area (TPSA) is 81.0 Å². The Labute approximate surface area is 150 Å². The normalized spacial score (nSPS) is 15.5. The fraction of sp³-hybridized carbons (Fsp3) is 0.375. The maximum atomic E-state index is 14.2. The van der Waals surface area contributed by atoms with E-state index in [2.05, 4.69) is 4.99 Å². The van der Waals surface area contributed by atoms with Gasteiger partial charge in [-0.15, -0.1) is 0 Å². The minimum Gasteiger partial charge on any atom is -0.383 e. The van der Waals surface area contributed by atoms with E-state index >= 15 is 0 Å². The number of amides is 3. The molecule has 3 amide bonds. The van der Waals surface area contributed by atoms with Crippen LogP contribution in [-0.2, 0) is 25.7 Å². The van der Waals surface area contributed by atoms with Crippen molar-refractivity contribution in [3.8, 4) is 0 Å². The molecule has 0 unspecified atom stereocenters. The predicted molar refractivity (Wildman–Crippen MR) is 88.1 cm³/mol. The van der Waals surface area contributed by atoms with Crippen LogP contribution in [0.3, 0.4) is 0 Å². The summed E-state index contributed by atoms with van der Waals surface area (Å²) in [6.45, 7) is -0.0348. The summed E-state index contributed by atoms with van der Waals surface area (Å²) in [5.74, 6) is -3.06. The average Bonchev–Trinajstić information content (AvgIpc) is 3.07. The number of carbonyl (C=O) groups is 3. The maximum Gasteiger partial charge on any atom is 0.268 e. The highest BCUT2D eigenvalue weighted by molar-refractivity contribution is 7.16. The molecule has 7 nitrogen and oxygen atoms in total. The zero-order chi connectivity index (χ0) is 18.8. The number of likely N-dealkylation sites (tertiary alicyclic amines) is 1. The van der Waals surface area contributed by atoms with Gasteiger partial charge in [-0.05, 0) is 6.07 Å². The van der Waals surface area contributed by atoms with Crippen molar-refractivity contribution in [2.45, 2.75) is 19.4 Å². The SMILES string of the molecule is COCCn1c(=NC(=O)CN2C(=O)CCC2=O)sc2cc(F)cc(F)c21. The van der Waals surface area contributed by atoms with Gasteiger partial charge in [0.1, 0.15) is 12.4 Å². The molecule has 2 heterocycles. The highest BCUT2D eigenvalue weighted by atomic mass is 32.1. The molecule has 1 aromatic carbocycles. The molecule has 0 aliphatic carbocycles. The fourth-order valence-electron chi connectivity index (χ4n) is 2.68. The molecule has 1 aliphatic rings. The molecule has 0 N–H and O–H groups in total. The second kappa shape index (κ2) is 7.42. The number of aromatic nitrogens is 1. The number of methoxy groups -OCH3 is 1. The smallest absolute Gasteiger partial charge is 0.268 e. The van der Waals surface area contributed by atoms with Gasteiger partial charge in [0, 0.05) is 32.6 Å². The molecule has 2 aromatic rings. The van der Waals surface area contributed by atoms with Crippen molar-refractivity contribution in [3.63, 3.8) is 0 Å². The van der Waals surface area contributed by atoms with Gasteiger partial charge in [0.05, 0.1) is 16.8 Å². The monoisotopic (exact) mass is 383 g/mol. The van der Waals surface area contributed by atoms with Crippen molar-refractivity contribution in [1.29, 1.82) is 0 Å². The zero-order valence-corrected chi connectivity index (χ0v) is 14.6. The lowest BCUT2D eigenvalue weighted by molar-refractivity contribution is -0.141. The van der Waals surface area contributed by atoms with Gasteiger partial charge in [-0.1, -0.05) is 11.3 Å². The van der Waals surface area contributed by atoms with Gasteiger partial charge in [0.15, 0.2) is 10.6 Å². The van der Waals surface area contributed by atoms with Crippen LogP contribution >= 0.6 is 11.3 Å². The first-order valence-corrected chi connectivity index (χ1v) is 8.60. The molecule has 0 spiro atoms. The molecule has 1 fully saturated rings. The van der Waals surface area contributed by atoms with Crippen LogP contribution in [0.1, 0.15) is 12.8 Å². The Balaban J connectivity index is 2.01. The van der Waals surface area contributed by atoms with E-state index in [0.717, 1.165) is 28.4 Å². The van der Waals surface area contributed by atoms with Gasteiger partial charge in [-0.25, -0.2) is 8.78 Å². The molecular weight excluding hydrogens is 368 g/mol. The van der Waals surface area contributed by atoms with Gasteiger partial charge in [-0.3, -0.25) is 19.3 Å². The maximum absolute atomic E-state index is 14.2. The molecule has 138 valence electrons. The Morgan fingerprint density at radius 3 is 2.62 bits per heavy atom. The first-order chi connectivity index (χ1) is 12.4. The van der Waals surface area contributed by atoms with Crippen LogP contribution < -0.4 is 4.80 Å². The van der Waals surface area contributed by atoms with Crippen molar-refractivity contribution < 1.29 is 27.9 Å². The summed E-state index contributed by atoms with van der Waals surface area (Å²) in [5, 5.41) is 0. The summed E-state index contributed by atoms with van der Waals surface area (Å²) in [4.78, 5) is 40.3. The van der Waals surface area contributed by atoms with Crippen LogP contribution in [-0.4, -0.2) is 47.4 Å². The fourth-order valence-corrected chi connectivity index (χ4v) is 3.79. The number of rotatable bonds is 5. The van der Waals surface area contributed by atoms with E-state index in [9.17, 15) is 23.2 Å². The first-order valence-electron chi connectivity index (χ1n) is 7.78. The number of hydrogen-bond acceptors (Lipinski definition) is 5. The molecule has 1 aliphatic heterocycles. The molecule has 1 saturated heterocycles. The molecular formula is C16H15F2N3O4S.